The molecule has 0 bridgehead atoms. The second-order valence-corrected chi connectivity index (χ2v) is 7.25. The van der Waals surface area contributed by atoms with Crippen molar-refractivity contribution in [1.82, 2.24) is 9.97 Å². The molecule has 1 saturated heterocycles. The Labute approximate surface area is 143 Å². The first-order chi connectivity index (χ1) is 11.4. The van der Waals surface area contributed by atoms with Crippen LogP contribution in [-0.2, 0) is 5.41 Å². The zero-order valence-corrected chi connectivity index (χ0v) is 14.5. The highest BCUT2D eigenvalue weighted by molar-refractivity contribution is 6.04. The first kappa shape index (κ1) is 16.4. The Hall–Kier alpha value is -2.43. The maximum Gasteiger partial charge on any atom is 0.255 e. The predicted molar refractivity (Wildman–Crippen MR) is 96.6 cm³/mol. The molecule has 0 spiro atoms. The number of carbonyl (C=O) groups excluding carboxylic acids is 1. The molecule has 24 heavy (non-hydrogen) atoms. The predicted octanol–water partition coefficient (Wildman–Crippen LogP) is 3.63. The Balaban J connectivity index is 1.66. The van der Waals surface area contributed by atoms with Gasteiger partial charge in [-0.05, 0) is 36.0 Å². The summed E-state index contributed by atoms with van der Waals surface area (Å²) in [5.74, 6) is 0.591. The number of anilines is 2. The van der Waals surface area contributed by atoms with Crippen LogP contribution in [0.25, 0.3) is 0 Å². The summed E-state index contributed by atoms with van der Waals surface area (Å²) in [4.78, 5) is 23.2. The summed E-state index contributed by atoms with van der Waals surface area (Å²) >= 11 is 0. The Bertz CT molecular complexity index is 696. The maximum absolute atomic E-state index is 12.3. The lowest BCUT2D eigenvalue weighted by Crippen LogP contribution is -2.20. The number of aromatic nitrogens is 2. The highest BCUT2D eigenvalue weighted by Crippen LogP contribution is 2.22. The molecule has 1 aromatic heterocycles. The van der Waals surface area contributed by atoms with Gasteiger partial charge in [0.2, 0.25) is 5.95 Å². The van der Waals surface area contributed by atoms with Crippen LogP contribution >= 0.6 is 0 Å². The van der Waals surface area contributed by atoms with Crippen molar-refractivity contribution < 1.29 is 4.79 Å². The van der Waals surface area contributed by atoms with Crippen molar-refractivity contribution in [2.24, 2.45) is 0 Å². The van der Waals surface area contributed by atoms with E-state index in [4.69, 9.17) is 0 Å². The minimum Gasteiger partial charge on any atom is -0.341 e. The summed E-state index contributed by atoms with van der Waals surface area (Å²) in [6.07, 6.45) is 5.71. The molecule has 0 atom stereocenters. The zero-order chi connectivity index (χ0) is 17.2. The standard InChI is InChI=1S/C19H24N4O/c1-19(2,3)15-8-6-14(7-9-15)17(24)22-16-12-20-18(21-13-16)23-10-4-5-11-23/h6-9,12-13H,4-5,10-11H2,1-3H3,(H,22,24). The van der Waals surface area contributed by atoms with E-state index in [1.165, 1.54) is 18.4 Å². The lowest BCUT2D eigenvalue weighted by atomic mass is 9.87. The minimum atomic E-state index is -0.145. The molecule has 2 aromatic rings. The first-order valence-corrected chi connectivity index (χ1v) is 8.42. The van der Waals surface area contributed by atoms with Crippen molar-refractivity contribution in [3.63, 3.8) is 0 Å². The van der Waals surface area contributed by atoms with Crippen molar-refractivity contribution in [3.05, 3.63) is 47.8 Å². The molecule has 2 heterocycles. The molecule has 1 amide bonds. The van der Waals surface area contributed by atoms with Gasteiger partial charge in [-0.25, -0.2) is 9.97 Å². The Morgan fingerprint density at radius 3 is 2.17 bits per heavy atom. The molecular formula is C19H24N4O. The molecule has 126 valence electrons. The summed E-state index contributed by atoms with van der Waals surface area (Å²) in [6.45, 7) is 8.47. The second-order valence-electron chi connectivity index (χ2n) is 7.25. The molecular weight excluding hydrogens is 300 g/mol. The van der Waals surface area contributed by atoms with Crippen LogP contribution in [0.4, 0.5) is 11.6 Å². The number of hydrogen-bond acceptors (Lipinski definition) is 4. The highest BCUT2D eigenvalue weighted by Gasteiger charge is 2.16. The van der Waals surface area contributed by atoms with E-state index >= 15 is 0 Å². The molecule has 0 saturated carbocycles. The molecule has 1 aliphatic heterocycles. The van der Waals surface area contributed by atoms with Crippen molar-refractivity contribution >= 4 is 17.5 Å². The number of nitrogens with one attached hydrogen (secondary N) is 1. The van der Waals surface area contributed by atoms with Gasteiger partial charge in [-0.1, -0.05) is 32.9 Å². The molecule has 1 aromatic carbocycles. The molecule has 3 rings (SSSR count). The van der Waals surface area contributed by atoms with E-state index in [2.05, 4.69) is 41.0 Å². The summed E-state index contributed by atoms with van der Waals surface area (Å²) in [5.41, 5.74) is 2.53. The van der Waals surface area contributed by atoms with E-state index < -0.39 is 0 Å². The third kappa shape index (κ3) is 3.72. The van der Waals surface area contributed by atoms with Crippen molar-refractivity contribution in [2.45, 2.75) is 39.0 Å². The fraction of sp³-hybridized carbons (Fsp3) is 0.421. The molecule has 0 aliphatic carbocycles. The van der Waals surface area contributed by atoms with Gasteiger partial charge in [0, 0.05) is 18.7 Å². The van der Waals surface area contributed by atoms with E-state index in [1.807, 2.05) is 24.3 Å². The van der Waals surface area contributed by atoms with Crippen LogP contribution in [0.3, 0.4) is 0 Å². The molecule has 5 heteroatoms. The number of benzene rings is 1. The van der Waals surface area contributed by atoms with Crippen LogP contribution in [0.2, 0.25) is 0 Å². The summed E-state index contributed by atoms with van der Waals surface area (Å²) in [6, 6.07) is 7.72. The van der Waals surface area contributed by atoms with E-state index in [9.17, 15) is 4.79 Å². The number of amides is 1. The van der Waals surface area contributed by atoms with Gasteiger partial charge in [-0.15, -0.1) is 0 Å². The Morgan fingerprint density at radius 1 is 1.04 bits per heavy atom. The molecule has 1 fully saturated rings. The van der Waals surface area contributed by atoms with Crippen LogP contribution in [0, 0.1) is 0 Å². The first-order valence-electron chi connectivity index (χ1n) is 8.42. The fourth-order valence-corrected chi connectivity index (χ4v) is 2.79. The fourth-order valence-electron chi connectivity index (χ4n) is 2.79. The topological polar surface area (TPSA) is 58.1 Å². The second kappa shape index (κ2) is 6.59. The van der Waals surface area contributed by atoms with Crippen LogP contribution in [-0.4, -0.2) is 29.0 Å². The van der Waals surface area contributed by atoms with Gasteiger partial charge in [0.15, 0.2) is 0 Å². The lowest BCUT2D eigenvalue weighted by molar-refractivity contribution is 0.102. The Kier molecular flexibility index (Phi) is 4.51. The van der Waals surface area contributed by atoms with Gasteiger partial charge in [0.05, 0.1) is 18.1 Å². The van der Waals surface area contributed by atoms with Gasteiger partial charge in [-0.2, -0.15) is 0 Å². The van der Waals surface area contributed by atoms with E-state index in [-0.39, 0.29) is 11.3 Å². The van der Waals surface area contributed by atoms with Crippen LogP contribution in [0.15, 0.2) is 36.7 Å². The van der Waals surface area contributed by atoms with Crippen molar-refractivity contribution in [1.29, 1.82) is 0 Å². The smallest absolute Gasteiger partial charge is 0.255 e. The van der Waals surface area contributed by atoms with E-state index in [1.54, 1.807) is 12.4 Å². The quantitative estimate of drug-likeness (QED) is 0.937. The van der Waals surface area contributed by atoms with Crippen LogP contribution in [0.1, 0.15) is 49.5 Å². The SMILES string of the molecule is CC(C)(C)c1ccc(C(=O)Nc2cnc(N3CCCC3)nc2)cc1. The molecule has 1 aliphatic rings. The van der Waals surface area contributed by atoms with Crippen molar-refractivity contribution in [2.75, 3.05) is 23.3 Å². The average Bonchev–Trinajstić information content (AvgIpc) is 3.09. The van der Waals surface area contributed by atoms with Gasteiger partial charge >= 0.3 is 0 Å². The molecule has 0 unspecified atom stereocenters. The van der Waals surface area contributed by atoms with E-state index in [0.29, 0.717) is 11.3 Å². The lowest BCUT2D eigenvalue weighted by Gasteiger charge is -2.19. The Morgan fingerprint density at radius 2 is 1.62 bits per heavy atom. The van der Waals surface area contributed by atoms with Crippen molar-refractivity contribution in [3.8, 4) is 0 Å². The normalized spacial score (nSPS) is 14.7. The molecule has 1 N–H and O–H groups in total. The molecule has 0 radical (unpaired) electrons. The van der Waals surface area contributed by atoms with Gasteiger partial charge in [0.1, 0.15) is 0 Å². The number of carbonyl (C=O) groups is 1. The third-order valence-corrected chi connectivity index (χ3v) is 4.30. The molecule has 5 nitrogen and oxygen atoms in total. The number of hydrogen-bond donors (Lipinski definition) is 1. The number of nitrogens with zero attached hydrogens (tertiary/aromatic N) is 3. The highest BCUT2D eigenvalue weighted by atomic mass is 16.1. The van der Waals surface area contributed by atoms with Crippen LogP contribution in [0.5, 0.6) is 0 Å². The van der Waals surface area contributed by atoms with Crippen LogP contribution < -0.4 is 10.2 Å². The van der Waals surface area contributed by atoms with Gasteiger partial charge in [0.25, 0.3) is 5.91 Å². The summed E-state index contributed by atoms with van der Waals surface area (Å²) in [5, 5.41) is 2.85. The zero-order valence-electron chi connectivity index (χ0n) is 14.5. The largest absolute Gasteiger partial charge is 0.341 e. The third-order valence-electron chi connectivity index (χ3n) is 4.30. The number of rotatable bonds is 3. The summed E-state index contributed by atoms with van der Waals surface area (Å²) < 4.78 is 0. The monoisotopic (exact) mass is 324 g/mol. The van der Waals surface area contributed by atoms with Gasteiger partial charge in [-0.3, -0.25) is 4.79 Å². The van der Waals surface area contributed by atoms with Gasteiger partial charge < -0.3 is 10.2 Å². The summed E-state index contributed by atoms with van der Waals surface area (Å²) in [7, 11) is 0. The average molecular weight is 324 g/mol. The van der Waals surface area contributed by atoms with E-state index in [0.717, 1.165) is 19.0 Å². The maximum atomic E-state index is 12.3. The minimum absolute atomic E-state index is 0.0776.